The highest BCUT2D eigenvalue weighted by molar-refractivity contribution is 7.99. The topological polar surface area (TPSA) is 126 Å². The second kappa shape index (κ2) is 10.7. The van der Waals surface area contributed by atoms with Crippen LogP contribution in [0.15, 0.2) is 63.7 Å². The Bertz CT molecular complexity index is 1200. The lowest BCUT2D eigenvalue weighted by atomic mass is 10.1. The van der Waals surface area contributed by atoms with Gasteiger partial charge in [0.2, 0.25) is 11.8 Å². The summed E-state index contributed by atoms with van der Waals surface area (Å²) < 4.78 is 10.3. The number of carbonyl (C=O) groups is 1. The molecule has 0 spiro atoms. The molecule has 1 aromatic heterocycles. The first-order valence-corrected chi connectivity index (χ1v) is 10.5. The van der Waals surface area contributed by atoms with Crippen LogP contribution in [0.3, 0.4) is 0 Å². The number of rotatable bonds is 8. The van der Waals surface area contributed by atoms with Gasteiger partial charge in [0.05, 0.1) is 41.5 Å². The highest BCUT2D eigenvalue weighted by atomic mass is 35.5. The maximum absolute atomic E-state index is 12.8. The Kier molecular flexibility index (Phi) is 7.80. The maximum atomic E-state index is 12.8. The normalized spacial score (nSPS) is 11.1. The number of halogens is 1. The van der Waals surface area contributed by atoms with Crippen molar-refractivity contribution in [2.45, 2.75) is 17.0 Å². The van der Waals surface area contributed by atoms with Gasteiger partial charge in [-0.05, 0) is 48.5 Å². The minimum atomic E-state index is -0.792. The van der Waals surface area contributed by atoms with E-state index in [0.717, 1.165) is 11.8 Å². The van der Waals surface area contributed by atoms with Crippen molar-refractivity contribution in [3.05, 3.63) is 74.8 Å². The summed E-state index contributed by atoms with van der Waals surface area (Å²) in [5.74, 6) is -0.211. The molecule has 3 rings (SSSR count). The van der Waals surface area contributed by atoms with Crippen molar-refractivity contribution in [1.82, 2.24) is 9.97 Å². The number of oxime groups is 1. The lowest BCUT2D eigenvalue weighted by Crippen LogP contribution is -2.07. The van der Waals surface area contributed by atoms with Crippen molar-refractivity contribution in [3.8, 4) is 11.8 Å². The highest BCUT2D eigenvalue weighted by Gasteiger charge is 2.20. The van der Waals surface area contributed by atoms with E-state index in [0.29, 0.717) is 27.9 Å². The number of non-ortho nitro benzene ring substituents is 1. The molecule has 0 aliphatic heterocycles. The average Bonchev–Trinajstić information content (AvgIpc) is 2.82. The predicted molar refractivity (Wildman–Crippen MR) is 121 cm³/mol. The maximum Gasteiger partial charge on any atom is 0.368 e. The monoisotopic (exact) mass is 488 g/mol. The van der Waals surface area contributed by atoms with Crippen LogP contribution >= 0.6 is 23.4 Å². The van der Waals surface area contributed by atoms with Gasteiger partial charge >= 0.3 is 5.97 Å². The van der Waals surface area contributed by atoms with Gasteiger partial charge in [-0.25, -0.2) is 4.79 Å². The van der Waals surface area contributed by atoms with E-state index < -0.39 is 10.9 Å². The van der Waals surface area contributed by atoms with E-state index in [2.05, 4.69) is 15.1 Å². The van der Waals surface area contributed by atoms with Gasteiger partial charge in [-0.2, -0.15) is 9.97 Å². The number of hydrogen-bond donors (Lipinski definition) is 0. The first-order chi connectivity index (χ1) is 15.8. The summed E-state index contributed by atoms with van der Waals surface area (Å²) in [4.78, 5) is 37.1. The molecule has 0 saturated heterocycles. The van der Waals surface area contributed by atoms with E-state index in [9.17, 15) is 14.9 Å². The molecule has 0 aliphatic rings. The Morgan fingerprint density at radius 1 is 1.09 bits per heavy atom. The third kappa shape index (κ3) is 5.96. The molecular weight excluding hydrogens is 472 g/mol. The SMILES string of the molecule is COc1cc(OC)nc(Sc2cccc(Cl)c2C(=O)O/N=C(\C)c2ccc([N+](=O)[O-])cc2)n1. The molecule has 0 saturated carbocycles. The predicted octanol–water partition coefficient (Wildman–Crippen LogP) is 4.79. The molecule has 0 radical (unpaired) electrons. The fourth-order valence-electron chi connectivity index (χ4n) is 2.56. The number of nitro groups is 1. The fourth-order valence-corrected chi connectivity index (χ4v) is 3.77. The van der Waals surface area contributed by atoms with Crippen LogP contribution in [0.5, 0.6) is 11.8 Å². The Balaban J connectivity index is 1.84. The van der Waals surface area contributed by atoms with Gasteiger partial charge in [0, 0.05) is 17.0 Å². The summed E-state index contributed by atoms with van der Waals surface area (Å²) >= 11 is 7.34. The smallest absolute Gasteiger partial charge is 0.368 e. The van der Waals surface area contributed by atoms with E-state index in [4.69, 9.17) is 25.9 Å². The van der Waals surface area contributed by atoms with E-state index in [-0.39, 0.29) is 21.4 Å². The minimum absolute atomic E-state index is 0.0577. The van der Waals surface area contributed by atoms with Crippen molar-refractivity contribution in [2.75, 3.05) is 14.2 Å². The summed E-state index contributed by atoms with van der Waals surface area (Å²) in [6.45, 7) is 1.60. The molecule has 0 aliphatic carbocycles. The van der Waals surface area contributed by atoms with Crippen LogP contribution in [0, 0.1) is 10.1 Å². The lowest BCUT2D eigenvalue weighted by molar-refractivity contribution is -0.384. The van der Waals surface area contributed by atoms with Crippen molar-refractivity contribution in [2.24, 2.45) is 5.16 Å². The molecule has 0 bridgehead atoms. The van der Waals surface area contributed by atoms with Crippen LogP contribution in [-0.2, 0) is 4.84 Å². The summed E-state index contributed by atoms with van der Waals surface area (Å²) in [6.07, 6.45) is 0. The van der Waals surface area contributed by atoms with E-state index in [1.54, 1.807) is 25.1 Å². The molecule has 2 aromatic carbocycles. The van der Waals surface area contributed by atoms with Crippen LogP contribution in [0.2, 0.25) is 5.02 Å². The molecule has 170 valence electrons. The van der Waals surface area contributed by atoms with Gasteiger partial charge < -0.3 is 14.3 Å². The number of nitrogens with zero attached hydrogens (tertiary/aromatic N) is 4. The molecule has 0 fully saturated rings. The lowest BCUT2D eigenvalue weighted by Gasteiger charge is -2.10. The molecule has 0 unspecified atom stereocenters. The third-order valence-electron chi connectivity index (χ3n) is 4.22. The van der Waals surface area contributed by atoms with Crippen molar-refractivity contribution < 1.29 is 24.0 Å². The number of benzene rings is 2. The number of hydrogen-bond acceptors (Lipinski definition) is 10. The van der Waals surface area contributed by atoms with E-state index in [1.165, 1.54) is 44.6 Å². The first-order valence-electron chi connectivity index (χ1n) is 9.26. The molecule has 0 atom stereocenters. The van der Waals surface area contributed by atoms with E-state index >= 15 is 0 Å². The molecule has 0 amide bonds. The van der Waals surface area contributed by atoms with Gasteiger partial charge in [0.1, 0.15) is 0 Å². The zero-order valence-corrected chi connectivity index (χ0v) is 19.2. The number of aromatic nitrogens is 2. The summed E-state index contributed by atoms with van der Waals surface area (Å²) in [5, 5.41) is 15.1. The summed E-state index contributed by atoms with van der Waals surface area (Å²) in [5.41, 5.74) is 0.923. The Morgan fingerprint density at radius 2 is 1.73 bits per heavy atom. The molecule has 0 N–H and O–H groups in total. The van der Waals surface area contributed by atoms with Crippen molar-refractivity contribution >= 4 is 40.7 Å². The van der Waals surface area contributed by atoms with Crippen LogP contribution in [0.4, 0.5) is 5.69 Å². The average molecular weight is 489 g/mol. The third-order valence-corrected chi connectivity index (χ3v) is 5.46. The number of carbonyl (C=O) groups excluding carboxylic acids is 1. The summed E-state index contributed by atoms with van der Waals surface area (Å²) in [6, 6.07) is 12.1. The van der Waals surface area contributed by atoms with Gasteiger partial charge in [0.25, 0.3) is 5.69 Å². The van der Waals surface area contributed by atoms with Crippen LogP contribution in [0.25, 0.3) is 0 Å². The van der Waals surface area contributed by atoms with Gasteiger partial charge in [-0.15, -0.1) is 0 Å². The van der Waals surface area contributed by atoms with Crippen LogP contribution < -0.4 is 9.47 Å². The molecule has 12 heteroatoms. The minimum Gasteiger partial charge on any atom is -0.481 e. The molecule has 10 nitrogen and oxygen atoms in total. The Morgan fingerprint density at radius 3 is 2.30 bits per heavy atom. The van der Waals surface area contributed by atoms with Crippen LogP contribution in [0.1, 0.15) is 22.8 Å². The highest BCUT2D eigenvalue weighted by Crippen LogP contribution is 2.34. The largest absolute Gasteiger partial charge is 0.481 e. The van der Waals surface area contributed by atoms with Gasteiger partial charge in [-0.1, -0.05) is 22.8 Å². The zero-order chi connectivity index (χ0) is 24.0. The van der Waals surface area contributed by atoms with Crippen LogP contribution in [-0.4, -0.2) is 40.8 Å². The van der Waals surface area contributed by atoms with Crippen molar-refractivity contribution in [3.63, 3.8) is 0 Å². The standard InChI is InChI=1S/C21H17ClN4O6S/c1-12(13-7-9-14(10-8-13)26(28)29)25-32-20(27)19-15(22)5-4-6-16(19)33-21-23-17(30-2)11-18(24-21)31-3/h4-11H,1-3H3/b25-12+. The number of nitro benzene ring substituents is 1. The van der Waals surface area contributed by atoms with Gasteiger partial charge in [-0.3, -0.25) is 10.1 Å². The molecular formula is C21H17ClN4O6S. The number of ether oxygens (including phenoxy) is 2. The fraction of sp³-hybridized carbons (Fsp3) is 0.143. The zero-order valence-electron chi connectivity index (χ0n) is 17.6. The molecule has 3 aromatic rings. The molecule has 1 heterocycles. The Hall–Kier alpha value is -3.70. The second-order valence-electron chi connectivity index (χ2n) is 6.31. The number of methoxy groups -OCH3 is 2. The quantitative estimate of drug-likeness (QED) is 0.144. The Labute approximate surface area is 197 Å². The van der Waals surface area contributed by atoms with E-state index in [1.807, 2.05) is 0 Å². The van der Waals surface area contributed by atoms with Crippen molar-refractivity contribution in [1.29, 1.82) is 0 Å². The van der Waals surface area contributed by atoms with Gasteiger partial charge in [0.15, 0.2) is 5.16 Å². The molecule has 33 heavy (non-hydrogen) atoms. The summed E-state index contributed by atoms with van der Waals surface area (Å²) in [7, 11) is 2.92. The first kappa shape index (κ1) is 24.0. The second-order valence-corrected chi connectivity index (χ2v) is 7.73.